The van der Waals surface area contributed by atoms with Gasteiger partial charge in [0.1, 0.15) is 0 Å². The second-order valence-electron chi connectivity index (χ2n) is 7.33. The van der Waals surface area contributed by atoms with Crippen LogP contribution in [0, 0.1) is 5.41 Å². The predicted molar refractivity (Wildman–Crippen MR) is 140 cm³/mol. The fourth-order valence-corrected chi connectivity index (χ4v) is 2.05. The van der Waals surface area contributed by atoms with Crippen LogP contribution in [0.25, 0.3) is 0 Å². The summed E-state index contributed by atoms with van der Waals surface area (Å²) in [6.45, 7) is 16.3. The van der Waals surface area contributed by atoms with Crippen LogP contribution >= 0.6 is 0 Å². The van der Waals surface area contributed by atoms with Gasteiger partial charge in [0.15, 0.2) is 0 Å². The van der Waals surface area contributed by atoms with Crippen molar-refractivity contribution in [1.82, 2.24) is 16.0 Å². The smallest absolute Gasteiger partial charge is 0.854 e. The zero-order valence-corrected chi connectivity index (χ0v) is 24.5. The third kappa shape index (κ3) is 46.0. The number of ether oxygens (including phenoxy) is 2. The molecule has 0 aliphatic carbocycles. The van der Waals surface area contributed by atoms with Crippen molar-refractivity contribution in [2.75, 3.05) is 112 Å². The molecule has 37 heavy (non-hydrogen) atoms. The van der Waals surface area contributed by atoms with Gasteiger partial charge in [0.25, 0.3) is 0 Å². The summed E-state index contributed by atoms with van der Waals surface area (Å²) in [5.74, 6) is 0. The van der Waals surface area contributed by atoms with E-state index in [2.05, 4.69) is 29.1 Å². The number of nitrogens with two attached hydrogens (primary N) is 3. The maximum Gasteiger partial charge on any atom is 4.00 e. The SMILES string of the molecule is C=CCOCC(CC)(C[O-])COCC=C.NCCNCC[O-].NCCNCC[O-].NCCNCC[O-].[Ti+4]. The van der Waals surface area contributed by atoms with E-state index >= 15 is 0 Å². The van der Waals surface area contributed by atoms with Crippen LogP contribution in [0.4, 0.5) is 0 Å². The molecule has 0 aromatic rings. The molecule has 0 saturated carbocycles. The molecule has 0 unspecified atom stereocenters. The van der Waals surface area contributed by atoms with Crippen molar-refractivity contribution in [3.8, 4) is 0 Å². The van der Waals surface area contributed by atoms with Gasteiger partial charge in [-0.3, -0.25) is 0 Å². The van der Waals surface area contributed by atoms with Gasteiger partial charge in [0.05, 0.1) is 26.4 Å². The van der Waals surface area contributed by atoms with Crippen molar-refractivity contribution >= 4 is 0 Å². The molecule has 12 nitrogen and oxygen atoms in total. The number of nitrogens with one attached hydrogen (secondary N) is 3. The van der Waals surface area contributed by atoms with Gasteiger partial charge in [-0.25, -0.2) is 0 Å². The minimum Gasteiger partial charge on any atom is -0.854 e. The van der Waals surface area contributed by atoms with Crippen LogP contribution in [0.5, 0.6) is 0 Å². The summed E-state index contributed by atoms with van der Waals surface area (Å²) in [5, 5.41) is 48.8. The van der Waals surface area contributed by atoms with Gasteiger partial charge in [-0.1, -0.05) is 19.1 Å². The maximum absolute atomic E-state index is 11.2. The zero-order valence-electron chi connectivity index (χ0n) is 23.0. The Labute approximate surface area is 240 Å². The average molecular weight is 571 g/mol. The minimum atomic E-state index is -0.411. The zero-order chi connectivity index (χ0) is 28.2. The molecule has 0 aromatic carbocycles. The Morgan fingerprint density at radius 2 is 1.00 bits per heavy atom. The Hall–Kier alpha value is -0.286. The van der Waals surface area contributed by atoms with Gasteiger partial charge in [-0.05, 0) is 26.1 Å². The fourth-order valence-electron chi connectivity index (χ4n) is 2.05. The topological polar surface area (TPSA) is 225 Å². The summed E-state index contributed by atoms with van der Waals surface area (Å²) < 4.78 is 10.7. The van der Waals surface area contributed by atoms with Gasteiger partial charge in [-0.2, -0.15) is 0 Å². The van der Waals surface area contributed by atoms with Crippen LogP contribution < -0.4 is 53.6 Å². The largest absolute Gasteiger partial charge is 4.00 e. The summed E-state index contributed by atoms with van der Waals surface area (Å²) in [6, 6.07) is 0. The van der Waals surface area contributed by atoms with Gasteiger partial charge in [0.2, 0.25) is 0 Å². The van der Waals surface area contributed by atoms with Crippen molar-refractivity contribution in [1.29, 1.82) is 0 Å². The number of hydrogen-bond acceptors (Lipinski definition) is 12. The second-order valence-corrected chi connectivity index (χ2v) is 7.33. The third-order valence-corrected chi connectivity index (χ3v) is 4.14. The van der Waals surface area contributed by atoms with Gasteiger partial charge < -0.3 is 63.1 Å². The Morgan fingerprint density at radius 1 is 0.676 bits per heavy atom. The van der Waals surface area contributed by atoms with Crippen molar-refractivity contribution in [2.45, 2.75) is 13.3 Å². The van der Waals surface area contributed by atoms with Gasteiger partial charge >= 0.3 is 21.7 Å². The summed E-state index contributed by atoms with van der Waals surface area (Å²) in [7, 11) is 0. The Morgan fingerprint density at radius 3 is 1.19 bits per heavy atom. The molecule has 13 heteroatoms. The van der Waals surface area contributed by atoms with E-state index in [4.69, 9.17) is 26.7 Å². The molecule has 0 aliphatic rings. The standard InChI is InChI=1S/C12H21O3.3C4H11N2O.Ti/c1-4-7-14-10-12(6-3,9-13)11-15-8-5-2;3*5-1-2-6-3-4-7;/h4-5H,1-2,6-11H2,3H3;3*6H,1-5H2;/q4*-1;+4. The van der Waals surface area contributed by atoms with Crippen molar-refractivity contribution < 1.29 is 51.6 Å². The van der Waals surface area contributed by atoms with E-state index in [1.165, 1.54) is 0 Å². The molecule has 0 saturated heterocycles. The van der Waals surface area contributed by atoms with E-state index in [0.717, 1.165) is 26.1 Å². The fraction of sp³-hybridized carbons (Fsp3) is 0.833. The molecule has 0 fully saturated rings. The van der Waals surface area contributed by atoms with E-state index in [0.29, 0.717) is 65.7 Å². The molecule has 0 aliphatic heterocycles. The monoisotopic (exact) mass is 570 g/mol. The number of hydrogen-bond donors (Lipinski definition) is 6. The average Bonchev–Trinajstić information content (AvgIpc) is 2.90. The van der Waals surface area contributed by atoms with Gasteiger partial charge in [-0.15, -0.1) is 39.6 Å². The molecule has 0 amide bonds. The van der Waals surface area contributed by atoms with Crippen LogP contribution in [0.15, 0.2) is 25.3 Å². The normalized spacial score (nSPS) is 9.95. The summed E-state index contributed by atoms with van der Waals surface area (Å²) in [4.78, 5) is 0. The first kappa shape index (κ1) is 46.6. The predicted octanol–water partition coefficient (Wildman–Crippen LogP) is -5.17. The van der Waals surface area contributed by atoms with E-state index in [9.17, 15) is 20.4 Å². The molecule has 220 valence electrons. The molecular weight excluding hydrogens is 516 g/mol. The third-order valence-electron chi connectivity index (χ3n) is 4.14. The summed E-state index contributed by atoms with van der Waals surface area (Å²) >= 11 is 0. The van der Waals surface area contributed by atoms with E-state index in [1.807, 2.05) is 6.92 Å². The van der Waals surface area contributed by atoms with Crippen molar-refractivity contribution in [3.05, 3.63) is 25.3 Å². The maximum atomic E-state index is 11.2. The minimum absolute atomic E-state index is 0. The summed E-state index contributed by atoms with van der Waals surface area (Å²) in [5.41, 5.74) is 14.9. The quantitative estimate of drug-likeness (QED) is 0.0408. The summed E-state index contributed by atoms with van der Waals surface area (Å²) in [6.07, 6.45) is 4.11. The molecule has 0 rings (SSSR count). The number of rotatable bonds is 22. The second kappa shape index (κ2) is 45.6. The molecule has 0 radical (unpaired) electrons. The first-order chi connectivity index (χ1) is 17.5. The van der Waals surface area contributed by atoms with Crippen LogP contribution in [0.1, 0.15) is 13.3 Å². The first-order valence-electron chi connectivity index (χ1n) is 12.4. The molecule has 9 N–H and O–H groups in total. The Bertz CT molecular complexity index is 349. The molecule has 0 bridgehead atoms. The molecule has 0 heterocycles. The van der Waals surface area contributed by atoms with Crippen LogP contribution in [-0.2, 0) is 31.2 Å². The van der Waals surface area contributed by atoms with E-state index in [1.54, 1.807) is 12.2 Å². The van der Waals surface area contributed by atoms with Crippen molar-refractivity contribution in [3.63, 3.8) is 0 Å². The van der Waals surface area contributed by atoms with Crippen LogP contribution in [-0.4, -0.2) is 112 Å². The van der Waals surface area contributed by atoms with Crippen molar-refractivity contribution in [2.24, 2.45) is 22.6 Å². The molecule has 0 atom stereocenters. The Kier molecular flexibility index (Phi) is 57.4. The molecule has 0 aromatic heterocycles. The molecular formula is C24H54N6O6Ti. The van der Waals surface area contributed by atoms with Gasteiger partial charge in [0, 0.05) is 44.7 Å². The molecule has 0 spiro atoms. The first-order valence-corrected chi connectivity index (χ1v) is 12.4. The van der Waals surface area contributed by atoms with Crippen LogP contribution in [0.2, 0.25) is 0 Å². The Balaban J connectivity index is -0.000000132. The van der Waals surface area contributed by atoms with E-state index < -0.39 is 5.41 Å². The van der Waals surface area contributed by atoms with Crippen LogP contribution in [0.3, 0.4) is 0 Å². The van der Waals surface area contributed by atoms with E-state index in [-0.39, 0.29) is 48.1 Å².